The molecule has 1 aromatic heterocycles. The Morgan fingerprint density at radius 3 is 2.75 bits per heavy atom. The number of likely N-dealkylation sites (tertiary alicyclic amines) is 1. The highest BCUT2D eigenvalue weighted by molar-refractivity contribution is 5.92. The lowest BCUT2D eigenvalue weighted by atomic mass is 9.80. The molecule has 1 saturated heterocycles. The van der Waals surface area contributed by atoms with Gasteiger partial charge in [-0.2, -0.15) is 0 Å². The summed E-state index contributed by atoms with van der Waals surface area (Å²) >= 11 is 0. The number of aromatic nitrogens is 2. The molecule has 1 fully saturated rings. The molecule has 24 heavy (non-hydrogen) atoms. The molecule has 1 aliphatic carbocycles. The summed E-state index contributed by atoms with van der Waals surface area (Å²) in [6, 6.07) is 0.512. The topological polar surface area (TPSA) is 58.1 Å². The zero-order valence-electron chi connectivity index (χ0n) is 14.7. The highest BCUT2D eigenvalue weighted by atomic mass is 16.2. The Kier molecular flexibility index (Phi) is 5.61. The van der Waals surface area contributed by atoms with Crippen molar-refractivity contribution in [2.24, 2.45) is 11.8 Å². The highest BCUT2D eigenvalue weighted by Gasteiger charge is 2.26. The number of carbonyl (C=O) groups excluding carboxylic acids is 1. The van der Waals surface area contributed by atoms with E-state index in [0.717, 1.165) is 38.4 Å². The van der Waals surface area contributed by atoms with Gasteiger partial charge < -0.3 is 10.2 Å². The largest absolute Gasteiger partial charge is 0.337 e. The quantitative estimate of drug-likeness (QED) is 0.863. The zero-order chi connectivity index (χ0) is 16.9. The Hall–Kier alpha value is -1.75. The van der Waals surface area contributed by atoms with Gasteiger partial charge in [-0.3, -0.25) is 9.78 Å². The van der Waals surface area contributed by atoms with Gasteiger partial charge in [0.25, 0.3) is 5.91 Å². The number of rotatable bonds is 4. The molecule has 3 rings (SSSR count). The Labute approximate surface area is 144 Å². The summed E-state index contributed by atoms with van der Waals surface area (Å²) in [5, 5.41) is 3.74. The second kappa shape index (κ2) is 7.88. The molecular formula is C19H28N4O. The molecule has 2 aliphatic rings. The number of hydrogen-bond acceptors (Lipinski definition) is 4. The maximum Gasteiger partial charge on any atom is 0.274 e. The van der Waals surface area contributed by atoms with Gasteiger partial charge in [-0.05, 0) is 44.4 Å². The van der Waals surface area contributed by atoms with Crippen LogP contribution in [0.15, 0.2) is 30.2 Å². The van der Waals surface area contributed by atoms with Crippen molar-refractivity contribution in [2.75, 3.05) is 19.6 Å². The van der Waals surface area contributed by atoms with E-state index in [2.05, 4.69) is 35.2 Å². The smallest absolute Gasteiger partial charge is 0.274 e. The first kappa shape index (κ1) is 17.1. The molecule has 1 amide bonds. The molecule has 2 heterocycles. The Morgan fingerprint density at radius 1 is 1.29 bits per heavy atom. The summed E-state index contributed by atoms with van der Waals surface area (Å²) in [6.45, 7) is 7.28. The molecule has 1 aliphatic heterocycles. The standard InChI is InChI=1S/C19H28N4O/c1-14-4-3-5-15(2)17(14)12-22-16-6-10-23(11-7-16)19(24)18-13-20-8-9-21-18/h4,8-9,13,15-17,22H,3,5-7,10-12H2,1-2H3/t15-,17-/m1/s1. The highest BCUT2D eigenvalue weighted by Crippen LogP contribution is 2.29. The van der Waals surface area contributed by atoms with Crippen molar-refractivity contribution in [3.8, 4) is 0 Å². The lowest BCUT2D eigenvalue weighted by Crippen LogP contribution is -2.46. The molecule has 1 N–H and O–H groups in total. The molecule has 5 nitrogen and oxygen atoms in total. The third-order valence-corrected chi connectivity index (χ3v) is 5.55. The Morgan fingerprint density at radius 2 is 2.08 bits per heavy atom. The monoisotopic (exact) mass is 328 g/mol. The third-order valence-electron chi connectivity index (χ3n) is 5.55. The summed E-state index contributed by atoms with van der Waals surface area (Å²) < 4.78 is 0. The number of piperidine rings is 1. The van der Waals surface area contributed by atoms with Gasteiger partial charge in [-0.15, -0.1) is 0 Å². The molecule has 0 unspecified atom stereocenters. The molecule has 5 heteroatoms. The van der Waals surface area contributed by atoms with E-state index in [1.165, 1.54) is 18.4 Å². The summed E-state index contributed by atoms with van der Waals surface area (Å²) in [6.07, 6.45) is 11.7. The molecule has 0 saturated carbocycles. The van der Waals surface area contributed by atoms with Crippen molar-refractivity contribution >= 4 is 5.91 Å². The molecule has 0 aromatic carbocycles. The predicted octanol–water partition coefficient (Wildman–Crippen LogP) is 2.66. The molecule has 1 aromatic rings. The van der Waals surface area contributed by atoms with Crippen molar-refractivity contribution in [1.29, 1.82) is 0 Å². The van der Waals surface area contributed by atoms with Crippen LogP contribution in [0.2, 0.25) is 0 Å². The average Bonchev–Trinajstić information content (AvgIpc) is 2.62. The van der Waals surface area contributed by atoms with E-state index in [4.69, 9.17) is 0 Å². The zero-order valence-corrected chi connectivity index (χ0v) is 14.7. The SMILES string of the molecule is CC1=CCC[C@@H](C)[C@@H]1CNC1CCN(C(=O)c2cnccn2)CC1. The van der Waals surface area contributed by atoms with Gasteiger partial charge >= 0.3 is 0 Å². The minimum absolute atomic E-state index is 0.00114. The maximum absolute atomic E-state index is 12.4. The summed E-state index contributed by atoms with van der Waals surface area (Å²) in [4.78, 5) is 22.4. The van der Waals surface area contributed by atoms with Gasteiger partial charge in [0.15, 0.2) is 0 Å². The van der Waals surface area contributed by atoms with Crippen LogP contribution in [0.5, 0.6) is 0 Å². The average molecular weight is 328 g/mol. The van der Waals surface area contributed by atoms with E-state index in [-0.39, 0.29) is 5.91 Å². The minimum atomic E-state index is 0.00114. The van der Waals surface area contributed by atoms with E-state index in [0.29, 0.717) is 17.7 Å². The van der Waals surface area contributed by atoms with Crippen molar-refractivity contribution in [3.05, 3.63) is 35.9 Å². The fourth-order valence-electron chi connectivity index (χ4n) is 3.89. The number of amides is 1. The van der Waals surface area contributed by atoms with Crippen LogP contribution in [0.25, 0.3) is 0 Å². The van der Waals surface area contributed by atoms with Crippen molar-refractivity contribution in [3.63, 3.8) is 0 Å². The van der Waals surface area contributed by atoms with Gasteiger partial charge in [0.1, 0.15) is 5.69 Å². The van der Waals surface area contributed by atoms with E-state index in [1.807, 2.05) is 4.90 Å². The van der Waals surface area contributed by atoms with Gasteiger partial charge in [0, 0.05) is 38.1 Å². The van der Waals surface area contributed by atoms with Crippen molar-refractivity contribution in [1.82, 2.24) is 20.2 Å². The lowest BCUT2D eigenvalue weighted by Gasteiger charge is -2.35. The maximum atomic E-state index is 12.4. The van der Waals surface area contributed by atoms with E-state index in [9.17, 15) is 4.79 Å². The Bertz CT molecular complexity index is 578. The van der Waals surface area contributed by atoms with Crippen LogP contribution in [-0.4, -0.2) is 46.5 Å². The van der Waals surface area contributed by atoms with Gasteiger partial charge in [-0.25, -0.2) is 4.98 Å². The number of hydrogen-bond donors (Lipinski definition) is 1. The minimum Gasteiger partial charge on any atom is -0.337 e. The van der Waals surface area contributed by atoms with E-state index in [1.54, 1.807) is 18.6 Å². The fourth-order valence-corrected chi connectivity index (χ4v) is 3.89. The summed E-state index contributed by atoms with van der Waals surface area (Å²) in [5.74, 6) is 1.43. The van der Waals surface area contributed by atoms with Gasteiger partial charge in [0.2, 0.25) is 0 Å². The normalized spacial score (nSPS) is 25.4. The van der Waals surface area contributed by atoms with Crippen LogP contribution in [-0.2, 0) is 0 Å². The molecule has 0 spiro atoms. The Balaban J connectivity index is 1.46. The first-order valence-corrected chi connectivity index (χ1v) is 9.10. The molecule has 0 bridgehead atoms. The van der Waals surface area contributed by atoms with Crippen molar-refractivity contribution in [2.45, 2.75) is 45.6 Å². The lowest BCUT2D eigenvalue weighted by molar-refractivity contribution is 0.0697. The summed E-state index contributed by atoms with van der Waals surface area (Å²) in [5.41, 5.74) is 1.98. The first-order valence-electron chi connectivity index (χ1n) is 9.10. The van der Waals surface area contributed by atoms with Gasteiger partial charge in [-0.1, -0.05) is 18.6 Å². The fraction of sp³-hybridized carbons (Fsp3) is 0.632. The van der Waals surface area contributed by atoms with Crippen LogP contribution in [0, 0.1) is 11.8 Å². The molecule has 2 atom stereocenters. The number of carbonyl (C=O) groups is 1. The molecule has 130 valence electrons. The molecular weight excluding hydrogens is 300 g/mol. The first-order chi connectivity index (χ1) is 11.6. The summed E-state index contributed by atoms with van der Waals surface area (Å²) in [7, 11) is 0. The van der Waals surface area contributed by atoms with Crippen LogP contribution >= 0.6 is 0 Å². The van der Waals surface area contributed by atoms with E-state index < -0.39 is 0 Å². The second-order valence-electron chi connectivity index (χ2n) is 7.17. The number of nitrogens with zero attached hydrogens (tertiary/aromatic N) is 3. The number of nitrogens with one attached hydrogen (secondary N) is 1. The second-order valence-corrected chi connectivity index (χ2v) is 7.17. The van der Waals surface area contributed by atoms with Crippen LogP contribution in [0.1, 0.15) is 50.0 Å². The molecule has 0 radical (unpaired) electrons. The van der Waals surface area contributed by atoms with E-state index >= 15 is 0 Å². The van der Waals surface area contributed by atoms with Crippen molar-refractivity contribution < 1.29 is 4.79 Å². The predicted molar refractivity (Wildman–Crippen MR) is 94.6 cm³/mol. The van der Waals surface area contributed by atoms with Crippen LogP contribution in [0.4, 0.5) is 0 Å². The van der Waals surface area contributed by atoms with Crippen LogP contribution in [0.3, 0.4) is 0 Å². The van der Waals surface area contributed by atoms with Gasteiger partial charge in [0.05, 0.1) is 6.20 Å². The van der Waals surface area contributed by atoms with Crippen LogP contribution < -0.4 is 5.32 Å². The number of allylic oxidation sites excluding steroid dienone is 1. The third kappa shape index (κ3) is 4.01.